The zero-order valence-corrected chi connectivity index (χ0v) is 15.1. The predicted octanol–water partition coefficient (Wildman–Crippen LogP) is 4.08. The Balaban J connectivity index is 1.67. The minimum absolute atomic E-state index is 0.0836. The minimum Gasteiger partial charge on any atom is -0.454 e. The van der Waals surface area contributed by atoms with Gasteiger partial charge in [0.15, 0.2) is 28.8 Å². The van der Waals surface area contributed by atoms with Crippen molar-refractivity contribution in [2.75, 3.05) is 13.6 Å². The number of carbonyl (C=O) groups excluding carboxylic acids is 1. The number of fused-ring (bicyclic) bond motifs is 2. The first kappa shape index (κ1) is 16.8. The summed E-state index contributed by atoms with van der Waals surface area (Å²) in [5, 5.41) is 0. The molecule has 0 bridgehead atoms. The van der Waals surface area contributed by atoms with Gasteiger partial charge in [0, 0.05) is 17.5 Å². The van der Waals surface area contributed by atoms with Gasteiger partial charge in [-0.15, -0.1) is 0 Å². The smallest absolute Gasteiger partial charge is 0.231 e. The van der Waals surface area contributed by atoms with Gasteiger partial charge in [0.25, 0.3) is 0 Å². The summed E-state index contributed by atoms with van der Waals surface area (Å²) in [6, 6.07) is 7.63. The van der Waals surface area contributed by atoms with E-state index >= 15 is 0 Å². The van der Waals surface area contributed by atoms with Crippen LogP contribution in [0.4, 0.5) is 0 Å². The van der Waals surface area contributed by atoms with Crippen molar-refractivity contribution in [1.29, 1.82) is 0 Å². The van der Waals surface area contributed by atoms with Crippen molar-refractivity contribution in [2.45, 2.75) is 39.5 Å². The molecule has 0 unspecified atom stereocenters. The van der Waals surface area contributed by atoms with Crippen LogP contribution in [0.1, 0.15) is 47.3 Å². The lowest BCUT2D eigenvalue weighted by Gasteiger charge is -2.13. The van der Waals surface area contributed by atoms with Crippen LogP contribution >= 0.6 is 0 Å². The molecular formula is C21H22O5. The van der Waals surface area contributed by atoms with Crippen LogP contribution in [-0.2, 0) is 19.3 Å². The van der Waals surface area contributed by atoms with Crippen LogP contribution in [0.5, 0.6) is 23.0 Å². The fourth-order valence-corrected chi connectivity index (χ4v) is 3.61. The van der Waals surface area contributed by atoms with E-state index in [4.69, 9.17) is 18.9 Å². The van der Waals surface area contributed by atoms with E-state index < -0.39 is 0 Å². The van der Waals surface area contributed by atoms with Gasteiger partial charge in [-0.05, 0) is 42.2 Å². The Labute approximate surface area is 152 Å². The monoisotopic (exact) mass is 354 g/mol. The van der Waals surface area contributed by atoms with Gasteiger partial charge in [-0.2, -0.15) is 0 Å². The van der Waals surface area contributed by atoms with Crippen molar-refractivity contribution < 1.29 is 23.7 Å². The molecule has 5 nitrogen and oxygen atoms in total. The number of ether oxygens (including phenoxy) is 4. The number of hydrogen-bond acceptors (Lipinski definition) is 5. The van der Waals surface area contributed by atoms with E-state index in [0.29, 0.717) is 12.2 Å². The normalized spacial score (nSPS) is 13.9. The summed E-state index contributed by atoms with van der Waals surface area (Å²) in [7, 11) is 0. The molecule has 136 valence electrons. The quantitative estimate of drug-likeness (QED) is 0.732. The highest BCUT2D eigenvalue weighted by Gasteiger charge is 2.24. The summed E-state index contributed by atoms with van der Waals surface area (Å²) >= 11 is 0. The third-order valence-corrected chi connectivity index (χ3v) is 4.86. The summed E-state index contributed by atoms with van der Waals surface area (Å²) in [6.07, 6.45) is 2.91. The molecule has 2 aliphatic rings. The van der Waals surface area contributed by atoms with Gasteiger partial charge in [-0.1, -0.05) is 26.3 Å². The number of hydrogen-bond donors (Lipinski definition) is 0. The molecule has 2 aliphatic heterocycles. The number of aryl methyl sites for hydroxylation is 1. The number of benzene rings is 2. The van der Waals surface area contributed by atoms with Crippen molar-refractivity contribution in [1.82, 2.24) is 0 Å². The van der Waals surface area contributed by atoms with Gasteiger partial charge >= 0.3 is 0 Å². The highest BCUT2D eigenvalue weighted by molar-refractivity contribution is 6.00. The first-order valence-corrected chi connectivity index (χ1v) is 9.07. The Morgan fingerprint density at radius 2 is 1.65 bits per heavy atom. The molecule has 0 N–H and O–H groups in total. The van der Waals surface area contributed by atoms with Gasteiger partial charge in [0.05, 0.1) is 0 Å². The Kier molecular flexibility index (Phi) is 4.45. The lowest BCUT2D eigenvalue weighted by atomic mass is 9.92. The molecule has 0 fully saturated rings. The molecule has 26 heavy (non-hydrogen) atoms. The number of ketones is 1. The van der Waals surface area contributed by atoms with E-state index in [1.54, 1.807) is 0 Å². The fourth-order valence-electron chi connectivity index (χ4n) is 3.61. The van der Waals surface area contributed by atoms with E-state index in [1.165, 1.54) is 0 Å². The zero-order valence-electron chi connectivity index (χ0n) is 15.1. The SMILES string of the molecule is CCCc1cc2c(cc1C(=O)Cc1ccc3c(c1CC)OCO3)OCO2. The Morgan fingerprint density at radius 1 is 0.923 bits per heavy atom. The second-order valence-corrected chi connectivity index (χ2v) is 6.50. The van der Waals surface area contributed by atoms with E-state index in [2.05, 4.69) is 13.8 Å². The largest absolute Gasteiger partial charge is 0.454 e. The lowest BCUT2D eigenvalue weighted by molar-refractivity contribution is 0.0991. The maximum absolute atomic E-state index is 13.1. The predicted molar refractivity (Wildman–Crippen MR) is 96.5 cm³/mol. The zero-order chi connectivity index (χ0) is 18.1. The third kappa shape index (κ3) is 2.87. The van der Waals surface area contributed by atoms with Crippen molar-refractivity contribution in [3.8, 4) is 23.0 Å². The third-order valence-electron chi connectivity index (χ3n) is 4.86. The second kappa shape index (κ2) is 6.90. The molecule has 0 amide bonds. The molecule has 2 heterocycles. The number of Topliss-reactive ketones (excluding diaryl/α,β-unsaturated/α-hetero) is 1. The Hall–Kier alpha value is -2.69. The van der Waals surface area contributed by atoms with Gasteiger partial charge in [-0.25, -0.2) is 0 Å². The van der Waals surface area contributed by atoms with Gasteiger partial charge < -0.3 is 18.9 Å². The minimum atomic E-state index is 0.0836. The van der Waals surface area contributed by atoms with E-state index in [9.17, 15) is 4.79 Å². The molecular weight excluding hydrogens is 332 g/mol. The van der Waals surface area contributed by atoms with Crippen molar-refractivity contribution in [2.24, 2.45) is 0 Å². The van der Waals surface area contributed by atoms with E-state index in [-0.39, 0.29) is 19.4 Å². The number of carbonyl (C=O) groups is 1. The van der Waals surface area contributed by atoms with Crippen LogP contribution in [0.2, 0.25) is 0 Å². The van der Waals surface area contributed by atoms with Crippen molar-refractivity contribution in [3.05, 3.63) is 46.5 Å². The van der Waals surface area contributed by atoms with Crippen molar-refractivity contribution in [3.63, 3.8) is 0 Å². The van der Waals surface area contributed by atoms with Gasteiger partial charge in [-0.3, -0.25) is 4.79 Å². The molecule has 0 atom stereocenters. The van der Waals surface area contributed by atoms with Crippen molar-refractivity contribution >= 4 is 5.78 Å². The van der Waals surface area contributed by atoms with Crippen LogP contribution < -0.4 is 18.9 Å². The second-order valence-electron chi connectivity index (χ2n) is 6.50. The van der Waals surface area contributed by atoms with Crippen LogP contribution in [0.15, 0.2) is 24.3 Å². The maximum Gasteiger partial charge on any atom is 0.231 e. The maximum atomic E-state index is 13.1. The van der Waals surface area contributed by atoms with E-state index in [0.717, 1.165) is 58.8 Å². The van der Waals surface area contributed by atoms with E-state index in [1.807, 2.05) is 24.3 Å². The molecule has 0 saturated heterocycles. The van der Waals surface area contributed by atoms with Crippen LogP contribution in [0, 0.1) is 0 Å². The van der Waals surface area contributed by atoms with Gasteiger partial charge in [0.2, 0.25) is 13.6 Å². The molecule has 0 radical (unpaired) electrons. The molecule has 2 aromatic carbocycles. The molecule has 0 aromatic heterocycles. The summed E-state index contributed by atoms with van der Waals surface area (Å²) in [4.78, 5) is 13.1. The first-order valence-electron chi connectivity index (χ1n) is 9.07. The topological polar surface area (TPSA) is 54.0 Å². The highest BCUT2D eigenvalue weighted by atomic mass is 16.7. The van der Waals surface area contributed by atoms with Crippen LogP contribution in [-0.4, -0.2) is 19.4 Å². The highest BCUT2D eigenvalue weighted by Crippen LogP contribution is 2.39. The molecule has 2 aromatic rings. The summed E-state index contributed by atoms with van der Waals surface area (Å²) in [5.74, 6) is 2.99. The van der Waals surface area contributed by atoms with Crippen LogP contribution in [0.25, 0.3) is 0 Å². The standard InChI is InChI=1S/C21H22O5/c1-3-5-13-9-19-20(25-11-24-19)10-16(13)17(22)8-14-6-7-18-21(15(14)4-2)26-12-23-18/h6-7,9-10H,3-5,8,11-12H2,1-2H3. The average molecular weight is 354 g/mol. The van der Waals surface area contributed by atoms with Gasteiger partial charge in [0.1, 0.15) is 0 Å². The molecule has 4 rings (SSSR count). The summed E-state index contributed by atoms with van der Waals surface area (Å²) < 4.78 is 22.0. The lowest BCUT2D eigenvalue weighted by Crippen LogP contribution is -2.09. The average Bonchev–Trinajstić information content (AvgIpc) is 3.29. The number of rotatable bonds is 6. The molecule has 0 saturated carbocycles. The molecule has 0 aliphatic carbocycles. The van der Waals surface area contributed by atoms with Crippen LogP contribution in [0.3, 0.4) is 0 Å². The molecule has 5 heteroatoms. The molecule has 0 spiro atoms. The first-order chi connectivity index (χ1) is 12.7. The summed E-state index contributed by atoms with van der Waals surface area (Å²) in [6.45, 7) is 4.61. The summed E-state index contributed by atoms with van der Waals surface area (Å²) in [5.41, 5.74) is 3.77. The Morgan fingerprint density at radius 3 is 2.42 bits per heavy atom. The fraction of sp³-hybridized carbons (Fsp3) is 0.381. The Bertz CT molecular complexity index is 856.